The Bertz CT molecular complexity index is 1390. The first-order valence-electron chi connectivity index (χ1n) is 10.7. The molecular formula is C26H20ClN5O. The van der Waals surface area contributed by atoms with Crippen LogP contribution in [0, 0.1) is 11.3 Å². The van der Waals surface area contributed by atoms with Gasteiger partial charge >= 0.3 is 0 Å². The van der Waals surface area contributed by atoms with Gasteiger partial charge in [-0.2, -0.15) is 5.26 Å². The zero-order valence-corrected chi connectivity index (χ0v) is 18.5. The van der Waals surface area contributed by atoms with Gasteiger partial charge in [-0.15, -0.1) is 0 Å². The van der Waals surface area contributed by atoms with Crippen molar-refractivity contribution in [3.63, 3.8) is 0 Å². The highest BCUT2D eigenvalue weighted by atomic mass is 35.5. The first kappa shape index (κ1) is 20.9. The zero-order valence-electron chi connectivity index (χ0n) is 17.8. The number of anilines is 1. The summed E-state index contributed by atoms with van der Waals surface area (Å²) in [4.78, 5) is 26.7. The van der Waals surface area contributed by atoms with Crippen molar-refractivity contribution in [1.29, 1.82) is 5.26 Å². The van der Waals surface area contributed by atoms with Crippen LogP contribution in [0.2, 0.25) is 5.02 Å². The molecule has 3 heterocycles. The standard InChI is InChI=1S/C26H20ClN5O/c27-22-9-3-1-8-20(22)24-16-21(19-7-2-4-10-23(19)30-24)26(33)32-14-12-31(13-15-32)25-18(17-28)6-5-11-29-25/h1-11,16H,12-15H2. The van der Waals surface area contributed by atoms with Crippen LogP contribution in [0.25, 0.3) is 22.2 Å². The third-order valence-electron chi connectivity index (χ3n) is 5.87. The molecule has 1 aliphatic rings. The lowest BCUT2D eigenvalue weighted by Crippen LogP contribution is -2.49. The number of halogens is 1. The Morgan fingerprint density at radius 2 is 1.73 bits per heavy atom. The summed E-state index contributed by atoms with van der Waals surface area (Å²) in [5, 5.41) is 10.8. The van der Waals surface area contributed by atoms with Gasteiger partial charge in [0.2, 0.25) is 0 Å². The number of piperazine rings is 1. The van der Waals surface area contributed by atoms with Crippen molar-refractivity contribution in [2.24, 2.45) is 0 Å². The normalized spacial score (nSPS) is 13.7. The predicted molar refractivity (Wildman–Crippen MR) is 129 cm³/mol. The minimum Gasteiger partial charge on any atom is -0.352 e. The summed E-state index contributed by atoms with van der Waals surface area (Å²) in [7, 11) is 0. The lowest BCUT2D eigenvalue weighted by atomic mass is 10.0. The van der Waals surface area contributed by atoms with Crippen LogP contribution >= 0.6 is 11.6 Å². The quantitative estimate of drug-likeness (QED) is 0.446. The van der Waals surface area contributed by atoms with E-state index in [-0.39, 0.29) is 5.91 Å². The zero-order chi connectivity index (χ0) is 22.8. The molecule has 6 nitrogen and oxygen atoms in total. The van der Waals surface area contributed by atoms with Crippen molar-refractivity contribution < 1.29 is 4.79 Å². The van der Waals surface area contributed by atoms with E-state index < -0.39 is 0 Å². The van der Waals surface area contributed by atoms with E-state index in [4.69, 9.17) is 16.6 Å². The van der Waals surface area contributed by atoms with Gasteiger partial charge in [0.1, 0.15) is 11.9 Å². The molecule has 4 aromatic rings. The largest absolute Gasteiger partial charge is 0.352 e. The highest BCUT2D eigenvalue weighted by Crippen LogP contribution is 2.30. The van der Waals surface area contributed by atoms with Gasteiger partial charge < -0.3 is 9.80 Å². The molecule has 0 atom stereocenters. The van der Waals surface area contributed by atoms with Gasteiger partial charge in [0.25, 0.3) is 5.91 Å². The molecule has 2 aromatic heterocycles. The summed E-state index contributed by atoms with van der Waals surface area (Å²) >= 11 is 6.42. The molecule has 1 fully saturated rings. The van der Waals surface area contributed by atoms with Gasteiger partial charge in [-0.1, -0.05) is 48.0 Å². The van der Waals surface area contributed by atoms with Gasteiger partial charge in [-0.25, -0.2) is 9.97 Å². The number of para-hydroxylation sites is 1. The third-order valence-corrected chi connectivity index (χ3v) is 6.20. The van der Waals surface area contributed by atoms with E-state index in [0.29, 0.717) is 53.8 Å². The van der Waals surface area contributed by atoms with Crippen molar-refractivity contribution in [1.82, 2.24) is 14.9 Å². The summed E-state index contributed by atoms with van der Waals surface area (Å²) in [6, 6.07) is 22.7. The molecule has 1 aliphatic heterocycles. The second-order valence-electron chi connectivity index (χ2n) is 7.82. The van der Waals surface area contributed by atoms with Crippen molar-refractivity contribution in [3.8, 4) is 17.3 Å². The molecule has 0 bridgehead atoms. The monoisotopic (exact) mass is 453 g/mol. The van der Waals surface area contributed by atoms with E-state index in [2.05, 4.69) is 16.0 Å². The molecule has 0 unspecified atom stereocenters. The van der Waals surface area contributed by atoms with E-state index in [1.165, 1.54) is 0 Å². The van der Waals surface area contributed by atoms with Crippen LogP contribution in [0.5, 0.6) is 0 Å². The molecule has 5 rings (SSSR count). The molecule has 1 saturated heterocycles. The van der Waals surface area contributed by atoms with Crippen LogP contribution in [0.15, 0.2) is 72.9 Å². The predicted octanol–water partition coefficient (Wildman–Crippen LogP) is 4.78. The van der Waals surface area contributed by atoms with E-state index in [9.17, 15) is 10.1 Å². The highest BCUT2D eigenvalue weighted by molar-refractivity contribution is 6.33. The number of rotatable bonds is 3. The van der Waals surface area contributed by atoms with Gasteiger partial charge in [-0.3, -0.25) is 4.79 Å². The molecule has 2 aromatic carbocycles. The van der Waals surface area contributed by atoms with Crippen LogP contribution in [-0.4, -0.2) is 47.0 Å². The van der Waals surface area contributed by atoms with Crippen molar-refractivity contribution in [2.45, 2.75) is 0 Å². The lowest BCUT2D eigenvalue weighted by Gasteiger charge is -2.36. The van der Waals surface area contributed by atoms with Gasteiger partial charge in [0, 0.05) is 48.3 Å². The van der Waals surface area contributed by atoms with Gasteiger partial charge in [-0.05, 0) is 30.3 Å². The minimum absolute atomic E-state index is 0.0388. The van der Waals surface area contributed by atoms with E-state index in [1.54, 1.807) is 18.3 Å². The number of hydrogen-bond acceptors (Lipinski definition) is 5. The molecule has 162 valence electrons. The minimum atomic E-state index is -0.0388. The fraction of sp³-hybridized carbons (Fsp3) is 0.154. The Balaban J connectivity index is 1.46. The van der Waals surface area contributed by atoms with E-state index in [0.717, 1.165) is 16.5 Å². The number of nitriles is 1. The molecule has 0 spiro atoms. The summed E-state index contributed by atoms with van der Waals surface area (Å²) in [6.45, 7) is 2.30. The Morgan fingerprint density at radius 1 is 0.970 bits per heavy atom. The number of fused-ring (bicyclic) bond motifs is 1. The molecule has 1 amide bonds. The molecule has 0 aliphatic carbocycles. The first-order chi connectivity index (χ1) is 16.2. The Kier molecular flexibility index (Phi) is 5.64. The highest BCUT2D eigenvalue weighted by Gasteiger charge is 2.26. The third kappa shape index (κ3) is 3.99. The summed E-state index contributed by atoms with van der Waals surface area (Å²) < 4.78 is 0. The molecule has 0 N–H and O–H groups in total. The Hall–Kier alpha value is -3.95. The number of carbonyl (C=O) groups is 1. The number of benzene rings is 2. The van der Waals surface area contributed by atoms with E-state index in [1.807, 2.05) is 59.5 Å². The van der Waals surface area contributed by atoms with Crippen LogP contribution in [0.4, 0.5) is 5.82 Å². The number of pyridine rings is 2. The van der Waals surface area contributed by atoms with Gasteiger partial charge in [0.15, 0.2) is 0 Å². The second kappa shape index (κ2) is 8.89. The molecule has 0 radical (unpaired) electrons. The number of aromatic nitrogens is 2. The summed E-state index contributed by atoms with van der Waals surface area (Å²) in [6.07, 6.45) is 1.69. The molecule has 33 heavy (non-hydrogen) atoms. The topological polar surface area (TPSA) is 73.1 Å². The SMILES string of the molecule is N#Cc1cccnc1N1CCN(C(=O)c2cc(-c3ccccc3Cl)nc3ccccc23)CC1. The summed E-state index contributed by atoms with van der Waals surface area (Å²) in [5.74, 6) is 0.630. The van der Waals surface area contributed by atoms with Gasteiger partial charge in [0.05, 0.1) is 22.3 Å². The maximum Gasteiger partial charge on any atom is 0.254 e. The van der Waals surface area contributed by atoms with Crippen LogP contribution in [-0.2, 0) is 0 Å². The van der Waals surface area contributed by atoms with Crippen molar-refractivity contribution in [2.75, 3.05) is 31.1 Å². The Morgan fingerprint density at radius 3 is 2.52 bits per heavy atom. The molecule has 7 heteroatoms. The smallest absolute Gasteiger partial charge is 0.254 e. The van der Waals surface area contributed by atoms with Crippen LogP contribution in [0.1, 0.15) is 15.9 Å². The van der Waals surface area contributed by atoms with Crippen LogP contribution < -0.4 is 4.90 Å². The van der Waals surface area contributed by atoms with E-state index >= 15 is 0 Å². The fourth-order valence-electron chi connectivity index (χ4n) is 4.19. The number of hydrogen-bond donors (Lipinski definition) is 0. The Labute approximate surface area is 196 Å². The lowest BCUT2D eigenvalue weighted by molar-refractivity contribution is 0.0748. The summed E-state index contributed by atoms with van der Waals surface area (Å²) in [5.41, 5.74) is 3.38. The van der Waals surface area contributed by atoms with Crippen molar-refractivity contribution in [3.05, 3.63) is 89.1 Å². The maximum absolute atomic E-state index is 13.6. The van der Waals surface area contributed by atoms with Crippen molar-refractivity contribution >= 4 is 34.2 Å². The number of nitrogens with zero attached hydrogens (tertiary/aromatic N) is 5. The fourth-order valence-corrected chi connectivity index (χ4v) is 4.42. The first-order valence-corrected chi connectivity index (χ1v) is 11.1. The maximum atomic E-state index is 13.6. The molecule has 0 saturated carbocycles. The number of amides is 1. The average Bonchev–Trinajstić information content (AvgIpc) is 2.88. The second-order valence-corrected chi connectivity index (χ2v) is 8.22. The molecular weight excluding hydrogens is 434 g/mol. The number of carbonyl (C=O) groups excluding carboxylic acids is 1. The van der Waals surface area contributed by atoms with Crippen LogP contribution in [0.3, 0.4) is 0 Å². The average molecular weight is 454 g/mol.